The Labute approximate surface area is 81.3 Å². The van der Waals surface area contributed by atoms with Gasteiger partial charge >= 0.3 is 5.97 Å². The lowest BCUT2D eigenvalue weighted by molar-refractivity contribution is -0.108. The van der Waals surface area contributed by atoms with Crippen molar-refractivity contribution in [2.45, 2.75) is 26.3 Å². The highest BCUT2D eigenvalue weighted by Crippen LogP contribution is 2.15. The number of hydrogen-bond donors (Lipinski definition) is 1. The fourth-order valence-electron chi connectivity index (χ4n) is 1.22. The van der Waals surface area contributed by atoms with Gasteiger partial charge in [-0.1, -0.05) is 13.8 Å². The third-order valence-corrected chi connectivity index (χ3v) is 1.87. The Kier molecular flexibility index (Phi) is 3.01. The van der Waals surface area contributed by atoms with Gasteiger partial charge in [0.05, 0.1) is 6.54 Å². The molecule has 0 unspecified atom stereocenters. The van der Waals surface area contributed by atoms with Gasteiger partial charge in [-0.15, -0.1) is 0 Å². The first kappa shape index (κ1) is 10.4. The van der Waals surface area contributed by atoms with Gasteiger partial charge in [-0.05, 0) is 12.0 Å². The first-order valence-corrected chi connectivity index (χ1v) is 4.31. The van der Waals surface area contributed by atoms with Crippen molar-refractivity contribution in [1.82, 2.24) is 9.78 Å². The maximum Gasteiger partial charge on any atom is 0.356 e. The van der Waals surface area contributed by atoms with E-state index in [1.807, 2.05) is 13.8 Å². The van der Waals surface area contributed by atoms with Crippen LogP contribution < -0.4 is 0 Å². The Morgan fingerprint density at radius 1 is 1.71 bits per heavy atom. The summed E-state index contributed by atoms with van der Waals surface area (Å²) in [5.41, 5.74) is 0.741. The van der Waals surface area contributed by atoms with Crippen molar-refractivity contribution in [1.29, 1.82) is 0 Å². The molecule has 14 heavy (non-hydrogen) atoms. The quantitative estimate of drug-likeness (QED) is 0.726. The molecule has 0 aliphatic heterocycles. The lowest BCUT2D eigenvalue weighted by atomic mass is 10.1. The number of carboxylic acids is 1. The molecule has 0 aliphatic rings. The number of hydrogen-bond acceptors (Lipinski definition) is 3. The zero-order valence-corrected chi connectivity index (χ0v) is 8.10. The molecule has 0 bridgehead atoms. The second-order valence-corrected chi connectivity index (χ2v) is 3.26. The number of carbonyl (C=O) groups is 2. The summed E-state index contributed by atoms with van der Waals surface area (Å²) in [6.45, 7) is 3.94. The van der Waals surface area contributed by atoms with E-state index >= 15 is 0 Å². The van der Waals surface area contributed by atoms with E-state index in [2.05, 4.69) is 5.10 Å². The summed E-state index contributed by atoms with van der Waals surface area (Å²) in [4.78, 5) is 20.9. The zero-order valence-electron chi connectivity index (χ0n) is 8.10. The van der Waals surface area contributed by atoms with E-state index < -0.39 is 5.97 Å². The number of carbonyl (C=O) groups excluding carboxylic acids is 1. The summed E-state index contributed by atoms with van der Waals surface area (Å²) in [6.07, 6.45) is 0.699. The molecule has 5 nitrogen and oxygen atoms in total. The van der Waals surface area contributed by atoms with Crippen LogP contribution in [0.2, 0.25) is 0 Å². The molecule has 0 aliphatic carbocycles. The Morgan fingerprint density at radius 2 is 2.36 bits per heavy atom. The van der Waals surface area contributed by atoms with Crippen molar-refractivity contribution < 1.29 is 14.7 Å². The van der Waals surface area contributed by atoms with Crippen LogP contribution in [0.1, 0.15) is 35.9 Å². The molecule has 1 rings (SSSR count). The molecular weight excluding hydrogens is 184 g/mol. The Hall–Kier alpha value is -1.65. The van der Waals surface area contributed by atoms with Crippen molar-refractivity contribution in [3.63, 3.8) is 0 Å². The lowest BCUT2D eigenvalue weighted by Crippen LogP contribution is -2.07. The van der Waals surface area contributed by atoms with Crippen LogP contribution in [0.3, 0.4) is 0 Å². The summed E-state index contributed by atoms with van der Waals surface area (Å²) in [7, 11) is 0. The van der Waals surface area contributed by atoms with Gasteiger partial charge in [-0.25, -0.2) is 4.79 Å². The van der Waals surface area contributed by atoms with Crippen molar-refractivity contribution in [2.75, 3.05) is 0 Å². The second-order valence-electron chi connectivity index (χ2n) is 3.26. The molecule has 1 heterocycles. The molecule has 1 N–H and O–H groups in total. The Bertz CT molecular complexity index is 355. The van der Waals surface area contributed by atoms with E-state index in [1.54, 1.807) is 0 Å². The van der Waals surface area contributed by atoms with Crippen LogP contribution in [0, 0.1) is 0 Å². The summed E-state index contributed by atoms with van der Waals surface area (Å²) >= 11 is 0. The normalized spacial score (nSPS) is 10.5. The van der Waals surface area contributed by atoms with Gasteiger partial charge < -0.3 is 9.90 Å². The van der Waals surface area contributed by atoms with Crippen molar-refractivity contribution in [2.24, 2.45) is 0 Å². The molecule has 5 heteroatoms. The fraction of sp³-hybridized carbons (Fsp3) is 0.444. The molecule has 0 amide bonds. The minimum Gasteiger partial charge on any atom is -0.476 e. The standard InChI is InChI=1S/C9H12N2O3/c1-6(2)8-5-7(9(13)14)10-11(8)3-4-12/h4-6H,3H2,1-2H3,(H,13,14). The highest BCUT2D eigenvalue weighted by Gasteiger charge is 2.14. The first-order valence-electron chi connectivity index (χ1n) is 4.31. The highest BCUT2D eigenvalue weighted by atomic mass is 16.4. The van der Waals surface area contributed by atoms with Crippen molar-refractivity contribution in [3.05, 3.63) is 17.5 Å². The van der Waals surface area contributed by atoms with Gasteiger partial charge in [0.25, 0.3) is 0 Å². The van der Waals surface area contributed by atoms with E-state index in [0.717, 1.165) is 5.69 Å². The van der Waals surface area contributed by atoms with Gasteiger partial charge in [0.15, 0.2) is 5.69 Å². The largest absolute Gasteiger partial charge is 0.476 e. The van der Waals surface area contributed by atoms with Crippen LogP contribution in [-0.2, 0) is 11.3 Å². The molecule has 0 radical (unpaired) electrons. The van der Waals surface area contributed by atoms with Gasteiger partial charge in [0.1, 0.15) is 6.29 Å². The summed E-state index contributed by atoms with van der Waals surface area (Å²) in [5.74, 6) is -0.924. The van der Waals surface area contributed by atoms with Crippen LogP contribution >= 0.6 is 0 Å². The number of aromatic nitrogens is 2. The number of nitrogens with zero attached hydrogens (tertiary/aromatic N) is 2. The molecule has 0 aromatic carbocycles. The topological polar surface area (TPSA) is 72.2 Å². The minimum absolute atomic E-state index is 0.0180. The molecule has 0 spiro atoms. The van der Waals surface area contributed by atoms with Gasteiger partial charge in [-0.3, -0.25) is 4.68 Å². The molecule has 1 aromatic rings. The van der Waals surface area contributed by atoms with Gasteiger partial charge in [0.2, 0.25) is 0 Å². The number of aromatic carboxylic acids is 1. The molecular formula is C9H12N2O3. The zero-order chi connectivity index (χ0) is 10.7. The predicted octanol–water partition coefficient (Wildman–Crippen LogP) is 0.904. The molecule has 76 valence electrons. The molecule has 0 atom stereocenters. The number of carboxylic acid groups (broad SMARTS) is 1. The Balaban J connectivity index is 3.11. The third-order valence-electron chi connectivity index (χ3n) is 1.87. The average Bonchev–Trinajstić information content (AvgIpc) is 2.49. The summed E-state index contributed by atoms with van der Waals surface area (Å²) in [6, 6.07) is 1.50. The molecule has 1 aromatic heterocycles. The number of rotatable bonds is 4. The fourth-order valence-corrected chi connectivity index (χ4v) is 1.22. The van der Waals surface area contributed by atoms with Crippen molar-refractivity contribution in [3.8, 4) is 0 Å². The van der Waals surface area contributed by atoms with Crippen LogP contribution in [-0.4, -0.2) is 27.1 Å². The SMILES string of the molecule is CC(C)c1cc(C(=O)O)nn1CC=O. The Morgan fingerprint density at radius 3 is 2.79 bits per heavy atom. The van der Waals surface area contributed by atoms with Crippen LogP contribution in [0.15, 0.2) is 6.07 Å². The van der Waals surface area contributed by atoms with Crippen LogP contribution in [0.5, 0.6) is 0 Å². The number of aldehydes is 1. The average molecular weight is 196 g/mol. The van der Waals surface area contributed by atoms with Gasteiger partial charge in [0, 0.05) is 5.69 Å². The van der Waals surface area contributed by atoms with Crippen molar-refractivity contribution >= 4 is 12.3 Å². The smallest absolute Gasteiger partial charge is 0.356 e. The minimum atomic E-state index is -1.07. The van der Waals surface area contributed by atoms with Crippen LogP contribution in [0.25, 0.3) is 0 Å². The highest BCUT2D eigenvalue weighted by molar-refractivity contribution is 5.85. The predicted molar refractivity (Wildman–Crippen MR) is 49.3 cm³/mol. The van der Waals surface area contributed by atoms with E-state index in [0.29, 0.717) is 6.29 Å². The maximum atomic E-state index is 10.6. The third kappa shape index (κ3) is 1.99. The molecule has 0 saturated heterocycles. The second kappa shape index (κ2) is 4.04. The first-order chi connectivity index (χ1) is 6.56. The van der Waals surface area contributed by atoms with E-state index in [4.69, 9.17) is 5.11 Å². The molecule has 0 saturated carbocycles. The van der Waals surface area contributed by atoms with Gasteiger partial charge in [-0.2, -0.15) is 5.10 Å². The van der Waals surface area contributed by atoms with E-state index in [9.17, 15) is 9.59 Å². The summed E-state index contributed by atoms with van der Waals surface area (Å²) in [5, 5.41) is 12.5. The van der Waals surface area contributed by atoms with Crippen LogP contribution in [0.4, 0.5) is 0 Å². The van der Waals surface area contributed by atoms with E-state index in [-0.39, 0.29) is 18.2 Å². The summed E-state index contributed by atoms with van der Waals surface area (Å²) < 4.78 is 1.42. The molecule has 0 fully saturated rings. The monoisotopic (exact) mass is 196 g/mol. The van der Waals surface area contributed by atoms with E-state index in [1.165, 1.54) is 10.7 Å². The lowest BCUT2D eigenvalue weighted by Gasteiger charge is -2.05. The maximum absolute atomic E-state index is 10.6.